The van der Waals surface area contributed by atoms with Gasteiger partial charge in [-0.2, -0.15) is 0 Å². The Labute approximate surface area is 138 Å². The number of nitrogens with one attached hydrogen (secondary N) is 2. The maximum atomic E-state index is 12.0. The van der Waals surface area contributed by atoms with E-state index in [2.05, 4.69) is 10.6 Å². The Morgan fingerprint density at radius 2 is 1.91 bits per heavy atom. The molecule has 0 radical (unpaired) electrons. The molecule has 0 heterocycles. The molecule has 22 heavy (non-hydrogen) atoms. The summed E-state index contributed by atoms with van der Waals surface area (Å²) in [6, 6.07) is 4.68. The molecule has 0 spiro atoms. The Kier molecular flexibility index (Phi) is 9.27. The molecular weight excluding hydrogens is 328 g/mol. The van der Waals surface area contributed by atoms with Crippen molar-refractivity contribution in [2.75, 3.05) is 39.6 Å². The Hall–Kier alpha value is -1.15. The molecule has 0 aliphatic carbocycles. The largest absolute Gasteiger partial charge is 0.383 e. The minimum atomic E-state index is -3.33. The van der Waals surface area contributed by atoms with Crippen LogP contribution >= 0.6 is 12.4 Å². The van der Waals surface area contributed by atoms with Gasteiger partial charge in [0.25, 0.3) is 5.91 Å². The summed E-state index contributed by atoms with van der Waals surface area (Å²) < 4.78 is 28.2. The van der Waals surface area contributed by atoms with Crippen molar-refractivity contribution in [1.82, 2.24) is 10.6 Å². The maximum Gasteiger partial charge on any atom is 0.251 e. The van der Waals surface area contributed by atoms with Gasteiger partial charge in [0.1, 0.15) is 0 Å². The van der Waals surface area contributed by atoms with Crippen molar-refractivity contribution in [1.29, 1.82) is 0 Å². The molecule has 0 saturated carbocycles. The summed E-state index contributed by atoms with van der Waals surface area (Å²) >= 11 is 0. The number of rotatable bonds is 8. The summed E-state index contributed by atoms with van der Waals surface area (Å²) in [6.45, 7) is 4.13. The first-order valence-electron chi connectivity index (χ1n) is 6.65. The number of carbonyl (C=O) groups excluding carboxylic acids is 1. The van der Waals surface area contributed by atoms with E-state index in [1.165, 1.54) is 6.07 Å². The summed E-state index contributed by atoms with van der Waals surface area (Å²) in [5.41, 5.74) is 0.980. The lowest BCUT2D eigenvalue weighted by molar-refractivity contribution is 0.0953. The van der Waals surface area contributed by atoms with Crippen LogP contribution in [0.4, 0.5) is 0 Å². The van der Waals surface area contributed by atoms with Crippen LogP contribution in [0.3, 0.4) is 0 Å². The molecule has 1 rings (SSSR count). The van der Waals surface area contributed by atoms with E-state index in [1.807, 2.05) is 0 Å². The quantitative estimate of drug-likeness (QED) is 0.677. The summed E-state index contributed by atoms with van der Waals surface area (Å²) in [5, 5.41) is 5.84. The van der Waals surface area contributed by atoms with E-state index in [0.717, 1.165) is 12.8 Å². The van der Waals surface area contributed by atoms with Gasteiger partial charge >= 0.3 is 0 Å². The van der Waals surface area contributed by atoms with Crippen molar-refractivity contribution >= 4 is 28.2 Å². The van der Waals surface area contributed by atoms with Crippen molar-refractivity contribution < 1.29 is 17.9 Å². The molecule has 126 valence electrons. The second-order valence-corrected chi connectivity index (χ2v) is 6.74. The Bertz CT molecular complexity index is 591. The van der Waals surface area contributed by atoms with Gasteiger partial charge in [-0.25, -0.2) is 8.42 Å². The Morgan fingerprint density at radius 1 is 1.23 bits per heavy atom. The molecule has 1 aromatic carbocycles. The lowest BCUT2D eigenvalue weighted by atomic mass is 10.1. The first-order chi connectivity index (χ1) is 9.86. The number of hydrogen-bond donors (Lipinski definition) is 2. The average Bonchev–Trinajstić information content (AvgIpc) is 2.41. The third kappa shape index (κ3) is 6.74. The van der Waals surface area contributed by atoms with Gasteiger partial charge in [0.05, 0.1) is 11.5 Å². The molecule has 0 bridgehead atoms. The van der Waals surface area contributed by atoms with Gasteiger partial charge in [-0.3, -0.25) is 4.79 Å². The third-order valence-corrected chi connectivity index (χ3v) is 4.16. The topological polar surface area (TPSA) is 84.5 Å². The molecular formula is C14H23ClN2O4S. The number of sulfone groups is 1. The van der Waals surface area contributed by atoms with E-state index >= 15 is 0 Å². The smallest absolute Gasteiger partial charge is 0.251 e. The van der Waals surface area contributed by atoms with Crippen LogP contribution in [0.1, 0.15) is 15.9 Å². The SMILES string of the molecule is COCCNCCNC(=O)c1ccc(C)c(S(C)(=O)=O)c1.Cl. The fraction of sp³-hybridized carbons (Fsp3) is 0.500. The van der Waals surface area contributed by atoms with Crippen LogP contribution in [-0.4, -0.2) is 53.9 Å². The zero-order valence-corrected chi connectivity index (χ0v) is 14.6. The van der Waals surface area contributed by atoms with Gasteiger partial charge in [-0.15, -0.1) is 12.4 Å². The molecule has 6 nitrogen and oxygen atoms in total. The highest BCUT2D eigenvalue weighted by Gasteiger charge is 2.14. The van der Waals surface area contributed by atoms with E-state index in [-0.39, 0.29) is 23.2 Å². The zero-order chi connectivity index (χ0) is 15.9. The second kappa shape index (κ2) is 9.78. The van der Waals surface area contributed by atoms with E-state index in [0.29, 0.717) is 30.8 Å². The molecule has 0 fully saturated rings. The van der Waals surface area contributed by atoms with Gasteiger partial charge in [-0.1, -0.05) is 6.07 Å². The highest BCUT2D eigenvalue weighted by atomic mass is 35.5. The van der Waals surface area contributed by atoms with Crippen LogP contribution in [-0.2, 0) is 14.6 Å². The minimum absolute atomic E-state index is 0. The van der Waals surface area contributed by atoms with Gasteiger partial charge in [0.15, 0.2) is 9.84 Å². The normalized spacial score (nSPS) is 10.9. The van der Waals surface area contributed by atoms with E-state index in [1.54, 1.807) is 26.2 Å². The number of aryl methyl sites for hydroxylation is 1. The van der Waals surface area contributed by atoms with E-state index < -0.39 is 9.84 Å². The number of ether oxygens (including phenoxy) is 1. The van der Waals surface area contributed by atoms with Gasteiger partial charge in [-0.05, 0) is 24.6 Å². The lowest BCUT2D eigenvalue weighted by Crippen LogP contribution is -2.33. The molecule has 0 atom stereocenters. The van der Waals surface area contributed by atoms with Gasteiger partial charge in [0, 0.05) is 38.6 Å². The summed E-state index contributed by atoms with van der Waals surface area (Å²) in [4.78, 5) is 12.2. The maximum absolute atomic E-state index is 12.0. The number of benzene rings is 1. The molecule has 0 aliphatic heterocycles. The molecule has 0 unspecified atom stereocenters. The lowest BCUT2D eigenvalue weighted by Gasteiger charge is -2.09. The summed E-state index contributed by atoms with van der Waals surface area (Å²) in [5.74, 6) is -0.284. The van der Waals surface area contributed by atoms with Crippen molar-refractivity contribution in [2.45, 2.75) is 11.8 Å². The van der Waals surface area contributed by atoms with E-state index in [4.69, 9.17) is 4.74 Å². The van der Waals surface area contributed by atoms with Crippen LogP contribution in [0.2, 0.25) is 0 Å². The van der Waals surface area contributed by atoms with Crippen molar-refractivity contribution in [3.8, 4) is 0 Å². The van der Waals surface area contributed by atoms with Crippen molar-refractivity contribution in [2.24, 2.45) is 0 Å². The highest BCUT2D eigenvalue weighted by Crippen LogP contribution is 2.16. The van der Waals surface area contributed by atoms with Crippen LogP contribution in [0.25, 0.3) is 0 Å². The number of hydrogen-bond acceptors (Lipinski definition) is 5. The van der Waals surface area contributed by atoms with Crippen LogP contribution in [0.15, 0.2) is 23.1 Å². The van der Waals surface area contributed by atoms with Crippen molar-refractivity contribution in [3.05, 3.63) is 29.3 Å². The molecule has 0 saturated heterocycles. The second-order valence-electron chi connectivity index (χ2n) is 4.75. The fourth-order valence-electron chi connectivity index (χ4n) is 1.81. The van der Waals surface area contributed by atoms with Crippen molar-refractivity contribution in [3.63, 3.8) is 0 Å². The van der Waals surface area contributed by atoms with Gasteiger partial charge < -0.3 is 15.4 Å². The first kappa shape index (κ1) is 20.9. The number of amides is 1. The molecule has 1 amide bonds. The summed E-state index contributed by atoms with van der Waals surface area (Å²) in [7, 11) is -1.71. The van der Waals surface area contributed by atoms with Gasteiger partial charge in [0.2, 0.25) is 0 Å². The number of methoxy groups -OCH3 is 1. The molecule has 0 aromatic heterocycles. The predicted molar refractivity (Wildman–Crippen MR) is 88.6 cm³/mol. The highest BCUT2D eigenvalue weighted by molar-refractivity contribution is 7.90. The fourth-order valence-corrected chi connectivity index (χ4v) is 2.80. The Morgan fingerprint density at radius 3 is 2.50 bits per heavy atom. The first-order valence-corrected chi connectivity index (χ1v) is 8.54. The van der Waals surface area contributed by atoms with E-state index in [9.17, 15) is 13.2 Å². The number of halogens is 1. The van der Waals surface area contributed by atoms with Crippen LogP contribution in [0.5, 0.6) is 0 Å². The number of carbonyl (C=O) groups is 1. The monoisotopic (exact) mass is 350 g/mol. The molecule has 1 aromatic rings. The summed E-state index contributed by atoms with van der Waals surface area (Å²) in [6.07, 6.45) is 1.14. The van der Waals surface area contributed by atoms with Crippen LogP contribution < -0.4 is 10.6 Å². The Balaban J connectivity index is 0.00000441. The average molecular weight is 351 g/mol. The molecule has 8 heteroatoms. The minimum Gasteiger partial charge on any atom is -0.383 e. The molecule has 0 aliphatic rings. The van der Waals surface area contributed by atoms with Crippen LogP contribution in [0, 0.1) is 6.92 Å². The predicted octanol–water partition coefficient (Wildman–Crippen LogP) is 0.786. The third-order valence-electron chi connectivity index (χ3n) is 2.92. The standard InChI is InChI=1S/C14H22N2O4S.ClH/c1-11-4-5-12(10-13(11)21(3,18)19)14(17)16-7-6-15-8-9-20-2;/h4-5,10,15H,6-9H2,1-3H3,(H,16,17);1H. The zero-order valence-electron chi connectivity index (χ0n) is 13.0. The molecule has 2 N–H and O–H groups in total.